The lowest BCUT2D eigenvalue weighted by Crippen LogP contribution is -2.28. The molecule has 4 unspecified atom stereocenters. The fourth-order valence-corrected chi connectivity index (χ4v) is 14.8. The Labute approximate surface area is 692 Å². The number of pyridine rings is 3. The van der Waals surface area contributed by atoms with Crippen molar-refractivity contribution in [3.63, 3.8) is 0 Å². The SMILES string of the molecule is CC(C)(C)C(c1ccc(CCc2ccccn2)cc1)c1ccc(-c2nnc(N)o2)cc1.COC(=O)c1ccc(C(c2ccc(C#Cc3ccccn3)cc2)C(C)(C)C)cc1.COC(=O)c1ccc(C(c2ccc(CCc3ccccn3)cc2)C(C)(C)C)cc1.COC(=O)c1ccc(C(c2ccc(OS(=O)(=O)C(F)(F)F)cc2)C(C)(C)C)cc1. The van der Waals surface area contributed by atoms with Crippen molar-refractivity contribution in [3.05, 3.63) is 362 Å². The van der Waals surface area contributed by atoms with Gasteiger partial charge in [0.25, 0.3) is 0 Å². The maximum absolute atomic E-state index is 12.5. The van der Waals surface area contributed by atoms with Crippen molar-refractivity contribution < 1.29 is 58.8 Å². The lowest BCUT2D eigenvalue weighted by molar-refractivity contribution is -0.0500. The van der Waals surface area contributed by atoms with E-state index in [-0.39, 0.29) is 63.3 Å². The largest absolute Gasteiger partial charge is 0.534 e. The van der Waals surface area contributed by atoms with E-state index < -0.39 is 27.3 Å². The number of methoxy groups -OCH3 is 3. The smallest absolute Gasteiger partial charge is 0.465 e. The van der Waals surface area contributed by atoms with Crippen LogP contribution < -0.4 is 9.92 Å². The van der Waals surface area contributed by atoms with Crippen LogP contribution >= 0.6 is 0 Å². The van der Waals surface area contributed by atoms with Gasteiger partial charge >= 0.3 is 39.5 Å². The normalized spacial score (nSPS) is 12.6. The van der Waals surface area contributed by atoms with E-state index in [4.69, 9.17) is 19.6 Å². The number of anilines is 1. The van der Waals surface area contributed by atoms with Gasteiger partial charge in [-0.15, -0.1) is 5.10 Å². The fraction of sp³-hybridized carbons (Fsp3) is 0.286. The molecule has 612 valence electrons. The predicted octanol–water partition coefficient (Wildman–Crippen LogP) is 21.8. The van der Waals surface area contributed by atoms with Crippen LogP contribution in [0.3, 0.4) is 0 Å². The summed E-state index contributed by atoms with van der Waals surface area (Å²) in [5, 5.41) is 7.71. The monoisotopic (exact) mass is 1610 g/mol. The first-order valence-corrected chi connectivity index (χ1v) is 40.2. The number of nitrogens with zero attached hydrogens (tertiary/aromatic N) is 5. The van der Waals surface area contributed by atoms with Gasteiger partial charge in [0.1, 0.15) is 11.4 Å². The summed E-state index contributed by atoms with van der Waals surface area (Å²) in [7, 11) is -1.63. The molecule has 0 aliphatic carbocycles. The van der Waals surface area contributed by atoms with E-state index in [0.29, 0.717) is 22.6 Å². The van der Waals surface area contributed by atoms with Crippen LogP contribution in [0.1, 0.15) is 216 Å². The van der Waals surface area contributed by atoms with Gasteiger partial charge in [0, 0.05) is 64.8 Å². The Kier molecular flexibility index (Phi) is 30.4. The lowest BCUT2D eigenvalue weighted by Gasteiger charge is -2.32. The number of rotatable bonds is 20. The van der Waals surface area contributed by atoms with Gasteiger partial charge in [-0.2, -0.15) is 21.6 Å². The number of nitrogen functional groups attached to an aromatic ring is 1. The summed E-state index contributed by atoms with van der Waals surface area (Å²) in [4.78, 5) is 48.1. The summed E-state index contributed by atoms with van der Waals surface area (Å²) < 4.78 is 83.5. The van der Waals surface area contributed by atoms with Crippen LogP contribution in [-0.4, -0.2) is 78.3 Å². The van der Waals surface area contributed by atoms with Gasteiger partial charge in [0.2, 0.25) is 5.89 Å². The number of aryl methyl sites for hydroxylation is 4. The third kappa shape index (κ3) is 25.3. The molecule has 16 nitrogen and oxygen atoms in total. The minimum Gasteiger partial charge on any atom is -0.465 e. The van der Waals surface area contributed by atoms with E-state index in [1.165, 1.54) is 84.5 Å². The maximum Gasteiger partial charge on any atom is 0.534 e. The van der Waals surface area contributed by atoms with Gasteiger partial charge < -0.3 is 28.5 Å². The number of benzene rings is 8. The van der Waals surface area contributed by atoms with Crippen LogP contribution in [0.25, 0.3) is 11.5 Å². The second kappa shape index (κ2) is 40.0. The average Bonchev–Trinajstić information content (AvgIpc) is 1.30. The number of halogens is 3. The van der Waals surface area contributed by atoms with E-state index in [1.54, 1.807) is 30.5 Å². The van der Waals surface area contributed by atoms with Crippen molar-refractivity contribution in [2.75, 3.05) is 27.1 Å². The maximum atomic E-state index is 12.5. The van der Waals surface area contributed by atoms with Gasteiger partial charge in [-0.3, -0.25) is 9.97 Å². The molecule has 0 amide bonds. The fourth-order valence-electron chi connectivity index (χ4n) is 14.3. The number of esters is 3. The minimum absolute atomic E-state index is 0.00787. The highest BCUT2D eigenvalue weighted by Gasteiger charge is 2.48. The molecule has 0 spiro atoms. The minimum atomic E-state index is -5.72. The highest BCUT2D eigenvalue weighted by atomic mass is 32.2. The van der Waals surface area contributed by atoms with Gasteiger partial charge in [-0.25, -0.2) is 19.4 Å². The number of carbonyl (C=O) groups excluding carboxylic acids is 3. The van der Waals surface area contributed by atoms with Crippen molar-refractivity contribution in [1.82, 2.24) is 25.1 Å². The molecule has 4 heterocycles. The molecule has 0 fully saturated rings. The molecule has 0 saturated heterocycles. The topological polar surface area (TPSA) is 226 Å². The Morgan fingerprint density at radius 3 is 0.992 bits per heavy atom. The highest BCUT2D eigenvalue weighted by Crippen LogP contribution is 2.45. The number of aromatic nitrogens is 5. The second-order valence-electron chi connectivity index (χ2n) is 32.9. The predicted molar refractivity (Wildman–Crippen MR) is 458 cm³/mol. The molecular formula is C98H103F3N6O10S. The molecule has 0 saturated carbocycles. The summed E-state index contributed by atoms with van der Waals surface area (Å²) in [6.45, 7) is 26.2. The van der Waals surface area contributed by atoms with Gasteiger partial charge in [-0.1, -0.05) is 234 Å². The third-order valence-corrected chi connectivity index (χ3v) is 20.7. The number of hydrogen-bond donors (Lipinski definition) is 1. The van der Waals surface area contributed by atoms with Crippen molar-refractivity contribution in [2.24, 2.45) is 21.7 Å². The van der Waals surface area contributed by atoms with Gasteiger partial charge in [0.05, 0.1) is 38.0 Å². The zero-order valence-corrected chi connectivity index (χ0v) is 70.3. The molecular weight excluding hydrogens is 1510 g/mol. The Bertz CT molecular complexity index is 5390. The third-order valence-electron chi connectivity index (χ3n) is 19.8. The number of alkyl halides is 3. The molecule has 0 aliphatic heterocycles. The van der Waals surface area contributed by atoms with Gasteiger partial charge in [0.15, 0.2) is 0 Å². The molecule has 12 aromatic rings. The highest BCUT2D eigenvalue weighted by molar-refractivity contribution is 7.88. The molecule has 4 aromatic heterocycles. The Hall–Kier alpha value is -12.3. The Balaban J connectivity index is 0.000000179. The molecule has 118 heavy (non-hydrogen) atoms. The van der Waals surface area contributed by atoms with E-state index >= 15 is 0 Å². The standard InChI is InChI=1S/C26H28N4O.C26H29NO2.C26H25NO2.C20H21F3O5S/c1-26(2,3)23(20-12-14-21(15-13-20)24-29-30-25(27)31-24)19-10-7-18(8-11-19)9-16-22-6-4-5-17-28-22;2*1-26(2,3)24(21-13-15-22(16-14-21)25(28)29-4)20-11-8-19(9-12-20)10-17-23-7-5-6-18-27-23;1-19(2,3)17(13-5-7-15(8-6-13)18(24)27-4)14-9-11-16(12-10-14)28-29(25,26)20(21,22)23/h4-8,10-15,17,23H,9,16H2,1-3H3,(H2,27,30);5-9,11-16,18,24H,10,17H2,1-4H3;5-9,11-16,18,24H,1-4H3;5-12,17H,1-4H3. The second-order valence-corrected chi connectivity index (χ2v) is 34.4. The van der Waals surface area contributed by atoms with Crippen LogP contribution in [0.5, 0.6) is 5.75 Å². The Morgan fingerprint density at radius 2 is 0.703 bits per heavy atom. The molecule has 0 radical (unpaired) electrons. The molecule has 0 bridgehead atoms. The number of hydrogen-bond acceptors (Lipinski definition) is 16. The quantitative estimate of drug-likeness (QED) is 0.0246. The molecule has 12 rings (SSSR count). The first kappa shape index (κ1) is 89.6. The van der Waals surface area contributed by atoms with Crippen LogP contribution in [0.4, 0.5) is 19.2 Å². The summed E-state index contributed by atoms with van der Waals surface area (Å²) in [5.74, 6) is 5.69. The van der Waals surface area contributed by atoms with Crippen molar-refractivity contribution >= 4 is 34.0 Å². The molecule has 0 aliphatic rings. The molecule has 2 N–H and O–H groups in total. The van der Waals surface area contributed by atoms with E-state index in [0.717, 1.165) is 70.6 Å². The zero-order valence-electron chi connectivity index (χ0n) is 69.5. The first-order chi connectivity index (χ1) is 55.9. The van der Waals surface area contributed by atoms with Crippen LogP contribution in [-0.2, 0) is 50.0 Å². The van der Waals surface area contributed by atoms with E-state index in [2.05, 4.69) is 193 Å². The van der Waals surface area contributed by atoms with E-state index in [9.17, 15) is 36.0 Å². The van der Waals surface area contributed by atoms with Crippen LogP contribution in [0.2, 0.25) is 0 Å². The summed E-state index contributed by atoms with van der Waals surface area (Å²) in [6, 6.07) is 80.2. The van der Waals surface area contributed by atoms with Crippen LogP contribution in [0, 0.1) is 33.5 Å². The van der Waals surface area contributed by atoms with Crippen molar-refractivity contribution in [1.29, 1.82) is 0 Å². The zero-order chi connectivity index (χ0) is 85.6. The van der Waals surface area contributed by atoms with Crippen molar-refractivity contribution in [2.45, 2.75) is 138 Å². The summed E-state index contributed by atoms with van der Waals surface area (Å²) in [5.41, 5.74) is 17.9. The number of nitrogens with two attached hydrogens (primary N) is 1. The number of ether oxygens (including phenoxy) is 3. The first-order valence-electron chi connectivity index (χ1n) is 38.8. The van der Waals surface area contributed by atoms with E-state index in [1.807, 2.05) is 148 Å². The summed E-state index contributed by atoms with van der Waals surface area (Å²) in [6.07, 6.45) is 9.29. The van der Waals surface area contributed by atoms with Crippen LogP contribution in [0.15, 0.2) is 272 Å². The van der Waals surface area contributed by atoms with Crippen molar-refractivity contribution in [3.8, 4) is 29.0 Å². The summed E-state index contributed by atoms with van der Waals surface area (Å²) >= 11 is 0. The average molecular weight is 1610 g/mol. The number of carbonyl (C=O) groups is 3. The molecule has 4 atom stereocenters. The molecule has 20 heteroatoms. The Morgan fingerprint density at radius 1 is 0.390 bits per heavy atom. The van der Waals surface area contributed by atoms with Gasteiger partial charge in [-0.05, 0) is 218 Å². The lowest BCUT2D eigenvalue weighted by atomic mass is 9.72. The molecule has 8 aromatic carbocycles.